The molecule has 33 heavy (non-hydrogen) atoms. The van der Waals surface area contributed by atoms with Gasteiger partial charge in [-0.3, -0.25) is 4.79 Å². The highest BCUT2D eigenvalue weighted by molar-refractivity contribution is 5.66. The molecule has 0 heterocycles. The zero-order chi connectivity index (χ0) is 24.1. The molecule has 1 unspecified atom stereocenters. The molecule has 0 saturated heterocycles. The van der Waals surface area contributed by atoms with Gasteiger partial charge < -0.3 is 9.84 Å². The van der Waals surface area contributed by atoms with Crippen LogP contribution in [0.2, 0.25) is 0 Å². The maximum Gasteiger partial charge on any atom is 0.302 e. The number of hydrogen-bond acceptors (Lipinski definition) is 3. The number of ether oxygens (including phenoxy) is 1. The second-order valence-electron chi connectivity index (χ2n) is 12.5. The summed E-state index contributed by atoms with van der Waals surface area (Å²) in [6.45, 7) is 15.7. The Hall–Kier alpha value is -1.35. The van der Waals surface area contributed by atoms with E-state index in [1.54, 1.807) is 5.57 Å². The summed E-state index contributed by atoms with van der Waals surface area (Å²) in [5.41, 5.74) is 3.02. The van der Waals surface area contributed by atoms with Gasteiger partial charge >= 0.3 is 5.97 Å². The highest BCUT2D eigenvalue weighted by atomic mass is 16.5. The Morgan fingerprint density at radius 1 is 1.09 bits per heavy atom. The zero-order valence-electron chi connectivity index (χ0n) is 21.9. The lowest BCUT2D eigenvalue weighted by atomic mass is 9.49. The Kier molecular flexibility index (Phi) is 6.77. The molecule has 9 atom stereocenters. The molecular formula is C30H46O3. The number of carbonyl (C=O) groups is 1. The van der Waals surface area contributed by atoms with E-state index < -0.39 is 6.10 Å². The van der Waals surface area contributed by atoms with E-state index >= 15 is 0 Å². The first kappa shape index (κ1) is 24.8. The van der Waals surface area contributed by atoms with E-state index in [2.05, 4.69) is 65.8 Å². The molecule has 0 amide bonds. The summed E-state index contributed by atoms with van der Waals surface area (Å²) < 4.78 is 5.88. The van der Waals surface area contributed by atoms with E-state index in [-0.39, 0.29) is 17.5 Å². The van der Waals surface area contributed by atoms with Gasteiger partial charge in [-0.05, 0) is 73.0 Å². The fourth-order valence-electron chi connectivity index (χ4n) is 8.00. The van der Waals surface area contributed by atoms with Crippen molar-refractivity contribution in [2.45, 2.75) is 99.2 Å². The molecule has 1 N–H and O–H groups in total. The van der Waals surface area contributed by atoms with Crippen molar-refractivity contribution in [3.05, 3.63) is 35.5 Å². The number of rotatable bonds is 5. The summed E-state index contributed by atoms with van der Waals surface area (Å²) in [6, 6.07) is 0. The molecule has 0 aromatic carbocycles. The highest BCUT2D eigenvalue weighted by Gasteiger charge is 2.59. The number of hydrogen-bond donors (Lipinski definition) is 1. The van der Waals surface area contributed by atoms with Crippen molar-refractivity contribution in [1.82, 2.24) is 0 Å². The summed E-state index contributed by atoms with van der Waals surface area (Å²) in [6.07, 6.45) is 15.2. The van der Waals surface area contributed by atoms with E-state index in [1.807, 2.05) is 0 Å². The number of fused-ring (bicyclic) bond motifs is 5. The molecule has 0 aliphatic heterocycles. The Labute approximate surface area is 201 Å². The fourth-order valence-corrected chi connectivity index (χ4v) is 8.00. The van der Waals surface area contributed by atoms with E-state index in [1.165, 1.54) is 31.8 Å². The highest BCUT2D eigenvalue weighted by Crippen LogP contribution is 2.66. The Morgan fingerprint density at radius 2 is 1.82 bits per heavy atom. The van der Waals surface area contributed by atoms with E-state index in [9.17, 15) is 9.90 Å². The van der Waals surface area contributed by atoms with Gasteiger partial charge in [-0.2, -0.15) is 0 Å². The SMILES string of the molecule is CC(=O)OC1C[C@@H](O)CC2=CC=C3[C@@H](CC[C@]4(C)[C@@H]([C@H](C)/C=C/[C@H](C)C(C)C)CC[C@@H]34)[C@@]21C. The molecule has 4 aliphatic carbocycles. The van der Waals surface area contributed by atoms with Gasteiger partial charge in [0.2, 0.25) is 0 Å². The number of esters is 1. The van der Waals surface area contributed by atoms with Crippen LogP contribution in [0.15, 0.2) is 35.5 Å². The van der Waals surface area contributed by atoms with Gasteiger partial charge in [0.05, 0.1) is 6.10 Å². The van der Waals surface area contributed by atoms with Crippen molar-refractivity contribution < 1.29 is 14.6 Å². The lowest BCUT2D eigenvalue weighted by Crippen LogP contribution is -2.53. The average molecular weight is 455 g/mol. The van der Waals surface area contributed by atoms with Crippen molar-refractivity contribution in [1.29, 1.82) is 0 Å². The summed E-state index contributed by atoms with van der Waals surface area (Å²) in [5, 5.41) is 10.5. The van der Waals surface area contributed by atoms with Crippen LogP contribution in [0.1, 0.15) is 87.0 Å². The minimum Gasteiger partial charge on any atom is -0.462 e. The van der Waals surface area contributed by atoms with Gasteiger partial charge in [0, 0.05) is 18.8 Å². The minimum atomic E-state index is -0.422. The number of aliphatic hydroxyl groups is 1. The molecule has 0 spiro atoms. The average Bonchev–Trinajstić information content (AvgIpc) is 3.09. The molecule has 0 aromatic heterocycles. The molecule has 3 nitrogen and oxygen atoms in total. The van der Waals surface area contributed by atoms with Crippen LogP contribution in [0.5, 0.6) is 0 Å². The molecule has 3 saturated carbocycles. The predicted octanol–water partition coefficient (Wildman–Crippen LogP) is 6.87. The molecule has 4 aliphatic rings. The van der Waals surface area contributed by atoms with Gasteiger partial charge in [0.25, 0.3) is 0 Å². The minimum absolute atomic E-state index is 0.188. The van der Waals surface area contributed by atoms with Crippen molar-refractivity contribution in [2.24, 2.45) is 46.3 Å². The quantitative estimate of drug-likeness (QED) is 0.364. The molecular weight excluding hydrogens is 408 g/mol. The maximum atomic E-state index is 12.0. The molecule has 3 heteroatoms. The van der Waals surface area contributed by atoms with Crippen LogP contribution >= 0.6 is 0 Å². The number of allylic oxidation sites excluding steroid dienone is 5. The third-order valence-electron chi connectivity index (χ3n) is 10.4. The second kappa shape index (κ2) is 9.02. The van der Waals surface area contributed by atoms with Crippen LogP contribution in [0.3, 0.4) is 0 Å². The Bertz CT molecular complexity index is 851. The summed E-state index contributed by atoms with van der Waals surface area (Å²) in [4.78, 5) is 12.0. The summed E-state index contributed by atoms with van der Waals surface area (Å²) in [5.74, 6) is 3.42. The fraction of sp³-hybridized carbons (Fsp3) is 0.767. The smallest absolute Gasteiger partial charge is 0.302 e. The van der Waals surface area contributed by atoms with Crippen LogP contribution in [-0.2, 0) is 9.53 Å². The Morgan fingerprint density at radius 3 is 2.48 bits per heavy atom. The second-order valence-corrected chi connectivity index (χ2v) is 12.5. The van der Waals surface area contributed by atoms with E-state index in [0.717, 1.165) is 12.3 Å². The molecule has 0 bridgehead atoms. The van der Waals surface area contributed by atoms with Gasteiger partial charge in [0.1, 0.15) is 6.10 Å². The monoisotopic (exact) mass is 454 g/mol. The number of carbonyl (C=O) groups excluding carboxylic acids is 1. The first-order chi connectivity index (χ1) is 15.5. The third kappa shape index (κ3) is 4.17. The molecule has 184 valence electrons. The molecule has 0 aromatic rings. The molecule has 3 fully saturated rings. The van der Waals surface area contributed by atoms with Gasteiger partial charge in [-0.25, -0.2) is 0 Å². The van der Waals surface area contributed by atoms with Crippen LogP contribution in [0, 0.1) is 46.3 Å². The maximum absolute atomic E-state index is 12.0. The lowest BCUT2D eigenvalue weighted by Gasteiger charge is -2.57. The Balaban J connectivity index is 1.61. The van der Waals surface area contributed by atoms with E-state index in [0.29, 0.717) is 47.8 Å². The standard InChI is InChI=1S/C30H46O3/c1-18(2)19(3)8-9-20(4)25-12-13-26-24-11-10-22-16-23(32)17-28(33-21(5)31)30(22,7)27(24)14-15-29(25,26)6/h8-11,18-20,23,25-28,32H,12-17H2,1-7H3/b9-8+/t19-,20+,23-,25+,26-,27+,28?,29+,30+/m0/s1. The molecule has 0 radical (unpaired) electrons. The normalized spacial score (nSPS) is 42.2. The zero-order valence-corrected chi connectivity index (χ0v) is 21.9. The van der Waals surface area contributed by atoms with Crippen molar-refractivity contribution >= 4 is 5.97 Å². The largest absolute Gasteiger partial charge is 0.462 e. The summed E-state index contributed by atoms with van der Waals surface area (Å²) in [7, 11) is 0. The van der Waals surface area contributed by atoms with Crippen molar-refractivity contribution in [2.75, 3.05) is 0 Å². The third-order valence-corrected chi connectivity index (χ3v) is 10.4. The van der Waals surface area contributed by atoms with Crippen molar-refractivity contribution in [3.63, 3.8) is 0 Å². The topological polar surface area (TPSA) is 46.5 Å². The van der Waals surface area contributed by atoms with Crippen molar-refractivity contribution in [3.8, 4) is 0 Å². The summed E-state index contributed by atoms with van der Waals surface area (Å²) >= 11 is 0. The first-order valence-corrected chi connectivity index (χ1v) is 13.4. The first-order valence-electron chi connectivity index (χ1n) is 13.4. The van der Waals surface area contributed by atoms with Gasteiger partial charge in [0.15, 0.2) is 0 Å². The van der Waals surface area contributed by atoms with Gasteiger partial charge in [-0.15, -0.1) is 0 Å². The lowest BCUT2D eigenvalue weighted by molar-refractivity contribution is -0.159. The molecule has 4 rings (SSSR count). The van der Waals surface area contributed by atoms with Crippen LogP contribution in [0.4, 0.5) is 0 Å². The van der Waals surface area contributed by atoms with Gasteiger partial charge in [-0.1, -0.05) is 77.0 Å². The predicted molar refractivity (Wildman–Crippen MR) is 134 cm³/mol. The number of aliphatic hydroxyl groups excluding tert-OH is 1. The van der Waals surface area contributed by atoms with E-state index in [4.69, 9.17) is 4.74 Å². The van der Waals surface area contributed by atoms with Crippen LogP contribution in [-0.4, -0.2) is 23.3 Å². The van der Waals surface area contributed by atoms with Crippen LogP contribution < -0.4 is 0 Å². The van der Waals surface area contributed by atoms with Crippen LogP contribution in [0.25, 0.3) is 0 Å².